The van der Waals surface area contributed by atoms with Gasteiger partial charge in [0.15, 0.2) is 0 Å². The molecular formula is C35H36O6S. The number of hydrogen-bond donors (Lipinski definition) is 0. The maximum Gasteiger partial charge on any atom is 0.302 e. The molecule has 1 aliphatic rings. The molecule has 6 nitrogen and oxygen atoms in total. The van der Waals surface area contributed by atoms with Gasteiger partial charge in [-0.3, -0.25) is 4.79 Å². The summed E-state index contributed by atoms with van der Waals surface area (Å²) in [6, 6.07) is 40.1. The third-order valence-electron chi connectivity index (χ3n) is 6.89. The number of thioether (sulfide) groups is 1. The Morgan fingerprint density at radius 1 is 0.619 bits per heavy atom. The maximum absolute atomic E-state index is 11.9. The lowest BCUT2D eigenvalue weighted by Gasteiger charge is -2.45. The average Bonchev–Trinajstić information content (AvgIpc) is 3.03. The zero-order valence-corrected chi connectivity index (χ0v) is 24.4. The van der Waals surface area contributed by atoms with Crippen molar-refractivity contribution in [3.8, 4) is 0 Å². The van der Waals surface area contributed by atoms with E-state index in [0.29, 0.717) is 19.8 Å². The Bertz CT molecular complexity index is 1340. The van der Waals surface area contributed by atoms with Gasteiger partial charge in [0, 0.05) is 11.8 Å². The predicted molar refractivity (Wildman–Crippen MR) is 163 cm³/mol. The molecule has 0 spiro atoms. The van der Waals surface area contributed by atoms with Gasteiger partial charge in [0.1, 0.15) is 36.5 Å². The van der Waals surface area contributed by atoms with Crippen LogP contribution in [0.2, 0.25) is 0 Å². The molecule has 4 aromatic rings. The zero-order chi connectivity index (χ0) is 29.0. The van der Waals surface area contributed by atoms with Crippen molar-refractivity contribution in [2.24, 2.45) is 0 Å². The van der Waals surface area contributed by atoms with E-state index in [9.17, 15) is 4.79 Å². The fourth-order valence-electron chi connectivity index (χ4n) is 4.81. The van der Waals surface area contributed by atoms with E-state index in [2.05, 4.69) is 0 Å². The topological polar surface area (TPSA) is 63.2 Å². The second-order valence-corrected chi connectivity index (χ2v) is 11.2. The SMILES string of the molecule is CC(=O)OCC1O[C@@H](Sc2ccccc2)C(OCc2ccccc2)C(OCc2ccccc2)[C@@H]1OCc1ccccc1. The van der Waals surface area contributed by atoms with E-state index in [1.807, 2.05) is 121 Å². The van der Waals surface area contributed by atoms with Crippen molar-refractivity contribution >= 4 is 17.7 Å². The van der Waals surface area contributed by atoms with Gasteiger partial charge in [0.05, 0.1) is 19.8 Å². The molecule has 1 saturated heterocycles. The van der Waals surface area contributed by atoms with Gasteiger partial charge in [-0.1, -0.05) is 121 Å². The van der Waals surface area contributed by atoms with Crippen molar-refractivity contribution in [2.45, 2.75) is 61.5 Å². The van der Waals surface area contributed by atoms with Crippen LogP contribution >= 0.6 is 11.8 Å². The minimum absolute atomic E-state index is 0.0389. The molecule has 0 radical (unpaired) electrons. The third kappa shape index (κ3) is 8.77. The van der Waals surface area contributed by atoms with E-state index in [-0.39, 0.29) is 12.6 Å². The van der Waals surface area contributed by atoms with Crippen molar-refractivity contribution < 1.29 is 28.5 Å². The van der Waals surface area contributed by atoms with Crippen LogP contribution in [0.25, 0.3) is 0 Å². The summed E-state index contributed by atoms with van der Waals surface area (Å²) in [6.45, 7) is 2.53. The summed E-state index contributed by atoms with van der Waals surface area (Å²) < 4.78 is 32.1. The molecule has 0 aromatic heterocycles. The molecule has 42 heavy (non-hydrogen) atoms. The molecular weight excluding hydrogens is 548 g/mol. The summed E-state index contributed by atoms with van der Waals surface area (Å²) in [7, 11) is 0. The molecule has 0 aliphatic carbocycles. The first-order valence-electron chi connectivity index (χ1n) is 14.1. The second-order valence-electron chi connectivity index (χ2n) is 10.1. The summed E-state index contributed by atoms with van der Waals surface area (Å²) in [5.41, 5.74) is 2.66. The van der Waals surface area contributed by atoms with Gasteiger partial charge in [-0.15, -0.1) is 0 Å². The smallest absolute Gasteiger partial charge is 0.302 e. The average molecular weight is 585 g/mol. The van der Waals surface area contributed by atoms with Gasteiger partial charge >= 0.3 is 5.97 Å². The molecule has 0 N–H and O–H groups in total. The Morgan fingerprint density at radius 3 is 1.52 bits per heavy atom. The Hall–Kier alpha value is -3.46. The molecule has 5 rings (SSSR count). The summed E-state index contributed by atoms with van der Waals surface area (Å²) in [5.74, 6) is -0.378. The van der Waals surface area contributed by atoms with Crippen molar-refractivity contribution in [3.63, 3.8) is 0 Å². The van der Waals surface area contributed by atoms with Gasteiger partial charge in [0.25, 0.3) is 0 Å². The van der Waals surface area contributed by atoms with Crippen LogP contribution in [-0.4, -0.2) is 42.4 Å². The number of carbonyl (C=O) groups is 1. The van der Waals surface area contributed by atoms with Crippen LogP contribution in [0, 0.1) is 0 Å². The molecule has 1 aliphatic heterocycles. The van der Waals surface area contributed by atoms with Crippen LogP contribution in [-0.2, 0) is 48.3 Å². The zero-order valence-electron chi connectivity index (χ0n) is 23.6. The highest BCUT2D eigenvalue weighted by Crippen LogP contribution is 2.38. The van der Waals surface area contributed by atoms with Gasteiger partial charge in [-0.2, -0.15) is 0 Å². The first kappa shape index (κ1) is 30.0. The van der Waals surface area contributed by atoms with Gasteiger partial charge in [0.2, 0.25) is 0 Å². The molecule has 7 heteroatoms. The minimum Gasteiger partial charge on any atom is -0.463 e. The molecule has 0 amide bonds. The Labute approximate surface area is 251 Å². The number of rotatable bonds is 13. The maximum atomic E-state index is 11.9. The number of ether oxygens (including phenoxy) is 5. The highest BCUT2D eigenvalue weighted by atomic mass is 32.2. The summed E-state index contributed by atoms with van der Waals surface area (Å²) in [5, 5.41) is 0. The summed E-state index contributed by atoms with van der Waals surface area (Å²) in [4.78, 5) is 12.9. The molecule has 5 atom stereocenters. The fourth-order valence-corrected chi connectivity index (χ4v) is 5.96. The van der Waals surface area contributed by atoms with E-state index in [1.54, 1.807) is 11.8 Å². The quantitative estimate of drug-likeness (QED) is 0.160. The third-order valence-corrected chi connectivity index (χ3v) is 8.05. The lowest BCUT2D eigenvalue weighted by molar-refractivity contribution is -0.253. The number of benzene rings is 4. The lowest BCUT2D eigenvalue weighted by Crippen LogP contribution is -2.60. The van der Waals surface area contributed by atoms with E-state index in [0.717, 1.165) is 21.6 Å². The molecule has 1 heterocycles. The Balaban J connectivity index is 1.47. The minimum atomic E-state index is -0.573. The predicted octanol–water partition coefficient (Wildman–Crippen LogP) is 6.82. The Kier molecular flexibility index (Phi) is 11.2. The van der Waals surface area contributed by atoms with Crippen molar-refractivity contribution in [2.75, 3.05) is 6.61 Å². The first-order chi connectivity index (χ1) is 20.7. The second kappa shape index (κ2) is 15.7. The fraction of sp³-hybridized carbons (Fsp3) is 0.286. The van der Waals surface area contributed by atoms with E-state index < -0.39 is 29.9 Å². The van der Waals surface area contributed by atoms with Gasteiger partial charge in [-0.05, 0) is 28.8 Å². The number of carbonyl (C=O) groups excluding carboxylic acids is 1. The van der Waals surface area contributed by atoms with Crippen molar-refractivity contribution in [3.05, 3.63) is 138 Å². The largest absolute Gasteiger partial charge is 0.463 e. The molecule has 3 unspecified atom stereocenters. The number of hydrogen-bond acceptors (Lipinski definition) is 7. The first-order valence-corrected chi connectivity index (χ1v) is 15.0. The van der Waals surface area contributed by atoms with Crippen molar-refractivity contribution in [1.82, 2.24) is 0 Å². The van der Waals surface area contributed by atoms with Crippen LogP contribution in [0.5, 0.6) is 0 Å². The van der Waals surface area contributed by atoms with Crippen LogP contribution in [0.4, 0.5) is 0 Å². The molecule has 218 valence electrons. The standard InChI is InChI=1S/C35H36O6S/c1-26(36)37-25-31-32(38-22-27-14-6-2-7-15-27)33(39-23-28-16-8-3-9-17-28)34(40-24-29-18-10-4-11-19-29)35(41-31)42-30-20-12-5-13-21-30/h2-21,31-35H,22-25H2,1H3/t31?,32-,33?,34?,35+/m1/s1. The van der Waals surface area contributed by atoms with Crippen LogP contribution in [0.15, 0.2) is 126 Å². The highest BCUT2D eigenvalue weighted by molar-refractivity contribution is 7.99. The van der Waals surface area contributed by atoms with E-state index in [1.165, 1.54) is 6.92 Å². The molecule has 0 bridgehead atoms. The highest BCUT2D eigenvalue weighted by Gasteiger charge is 2.49. The summed E-state index contributed by atoms with van der Waals surface area (Å²) >= 11 is 1.56. The van der Waals surface area contributed by atoms with E-state index >= 15 is 0 Å². The van der Waals surface area contributed by atoms with Crippen molar-refractivity contribution in [1.29, 1.82) is 0 Å². The van der Waals surface area contributed by atoms with Crippen LogP contribution < -0.4 is 0 Å². The molecule has 1 fully saturated rings. The molecule has 0 saturated carbocycles. The lowest BCUT2D eigenvalue weighted by atomic mass is 9.99. The summed E-state index contributed by atoms with van der Waals surface area (Å²) in [6.07, 6.45) is -2.15. The van der Waals surface area contributed by atoms with Gasteiger partial charge < -0.3 is 23.7 Å². The van der Waals surface area contributed by atoms with Crippen LogP contribution in [0.3, 0.4) is 0 Å². The van der Waals surface area contributed by atoms with Gasteiger partial charge in [-0.25, -0.2) is 0 Å². The monoisotopic (exact) mass is 584 g/mol. The van der Waals surface area contributed by atoms with E-state index in [4.69, 9.17) is 23.7 Å². The normalized spacial score (nSPS) is 22.0. The Morgan fingerprint density at radius 2 is 1.05 bits per heavy atom. The van der Waals surface area contributed by atoms with Crippen LogP contribution in [0.1, 0.15) is 23.6 Å². The number of esters is 1. The molecule has 4 aromatic carbocycles.